The van der Waals surface area contributed by atoms with E-state index in [1.807, 2.05) is 31.2 Å². The quantitative estimate of drug-likeness (QED) is 0.885. The number of rotatable bonds is 6. The SMILES string of the molecule is CCc1cnccc1C(=O)Nc1ccc(OC[C@@H]2CCOC2)cc1. The Hall–Kier alpha value is -2.40. The number of nitrogens with zero attached hydrogens (tertiary/aromatic N) is 1. The summed E-state index contributed by atoms with van der Waals surface area (Å²) in [5.74, 6) is 1.16. The number of nitrogens with one attached hydrogen (secondary N) is 1. The molecule has 1 aliphatic rings. The predicted molar refractivity (Wildman–Crippen MR) is 92.4 cm³/mol. The van der Waals surface area contributed by atoms with Gasteiger partial charge in [-0.05, 0) is 48.7 Å². The summed E-state index contributed by atoms with van der Waals surface area (Å²) in [5, 5.41) is 2.92. The summed E-state index contributed by atoms with van der Waals surface area (Å²) in [6.45, 7) is 4.28. The lowest BCUT2D eigenvalue weighted by Crippen LogP contribution is -2.14. The van der Waals surface area contributed by atoms with Crippen molar-refractivity contribution in [2.75, 3.05) is 25.1 Å². The molecule has 1 aromatic carbocycles. The number of aromatic nitrogens is 1. The molecule has 1 fully saturated rings. The Morgan fingerprint density at radius 3 is 2.88 bits per heavy atom. The molecule has 1 amide bonds. The van der Waals surface area contributed by atoms with E-state index in [1.165, 1.54) is 0 Å². The van der Waals surface area contributed by atoms with Gasteiger partial charge in [-0.2, -0.15) is 0 Å². The van der Waals surface area contributed by atoms with Gasteiger partial charge in [0.05, 0.1) is 13.2 Å². The van der Waals surface area contributed by atoms with Crippen molar-refractivity contribution in [3.05, 3.63) is 53.9 Å². The Kier molecular flexibility index (Phi) is 5.43. The molecule has 0 aliphatic carbocycles. The topological polar surface area (TPSA) is 60.5 Å². The summed E-state index contributed by atoms with van der Waals surface area (Å²) >= 11 is 0. The van der Waals surface area contributed by atoms with Crippen LogP contribution in [0.2, 0.25) is 0 Å². The van der Waals surface area contributed by atoms with Crippen molar-refractivity contribution in [3.63, 3.8) is 0 Å². The zero-order chi connectivity index (χ0) is 16.8. The van der Waals surface area contributed by atoms with Gasteiger partial charge < -0.3 is 14.8 Å². The van der Waals surface area contributed by atoms with E-state index in [4.69, 9.17) is 9.47 Å². The molecule has 1 aliphatic heterocycles. The van der Waals surface area contributed by atoms with Crippen LogP contribution in [0, 0.1) is 5.92 Å². The monoisotopic (exact) mass is 326 g/mol. The van der Waals surface area contributed by atoms with Crippen LogP contribution in [0.4, 0.5) is 5.69 Å². The standard InChI is InChI=1S/C19H22N2O3/c1-2-15-11-20-9-7-18(15)19(22)21-16-3-5-17(6-4-16)24-13-14-8-10-23-12-14/h3-7,9,11,14H,2,8,10,12-13H2,1H3,(H,21,22)/t14-/m1/s1. The van der Waals surface area contributed by atoms with E-state index >= 15 is 0 Å². The van der Waals surface area contributed by atoms with Crippen molar-refractivity contribution in [1.82, 2.24) is 4.98 Å². The molecule has 0 radical (unpaired) electrons. The minimum Gasteiger partial charge on any atom is -0.493 e. The fourth-order valence-corrected chi connectivity index (χ4v) is 2.69. The minimum absolute atomic E-state index is 0.119. The number of carbonyl (C=O) groups excluding carboxylic acids is 1. The summed E-state index contributed by atoms with van der Waals surface area (Å²) in [6.07, 6.45) is 5.20. The van der Waals surface area contributed by atoms with Crippen LogP contribution in [0.5, 0.6) is 5.75 Å². The number of pyridine rings is 1. The van der Waals surface area contributed by atoms with Crippen molar-refractivity contribution in [2.24, 2.45) is 5.92 Å². The molecule has 0 unspecified atom stereocenters. The molecule has 0 saturated carbocycles. The number of anilines is 1. The maximum atomic E-state index is 12.4. The third-order valence-corrected chi connectivity index (χ3v) is 4.15. The molecule has 1 saturated heterocycles. The zero-order valence-corrected chi connectivity index (χ0v) is 13.8. The highest BCUT2D eigenvalue weighted by molar-refractivity contribution is 6.05. The van der Waals surface area contributed by atoms with Crippen LogP contribution in [0.3, 0.4) is 0 Å². The van der Waals surface area contributed by atoms with Gasteiger partial charge in [0.1, 0.15) is 5.75 Å². The number of hydrogen-bond acceptors (Lipinski definition) is 4. The third kappa shape index (κ3) is 4.11. The van der Waals surface area contributed by atoms with Crippen molar-refractivity contribution < 1.29 is 14.3 Å². The Morgan fingerprint density at radius 1 is 1.33 bits per heavy atom. The number of ether oxygens (including phenoxy) is 2. The third-order valence-electron chi connectivity index (χ3n) is 4.15. The van der Waals surface area contributed by atoms with Gasteiger partial charge in [-0.15, -0.1) is 0 Å². The fourth-order valence-electron chi connectivity index (χ4n) is 2.69. The summed E-state index contributed by atoms with van der Waals surface area (Å²) in [6, 6.07) is 9.20. The highest BCUT2D eigenvalue weighted by Gasteiger charge is 2.16. The second-order valence-electron chi connectivity index (χ2n) is 5.91. The van der Waals surface area contributed by atoms with Crippen molar-refractivity contribution in [1.29, 1.82) is 0 Å². The number of hydrogen-bond donors (Lipinski definition) is 1. The predicted octanol–water partition coefficient (Wildman–Crippen LogP) is 3.31. The van der Waals surface area contributed by atoms with Gasteiger partial charge in [-0.1, -0.05) is 6.92 Å². The lowest BCUT2D eigenvalue weighted by molar-refractivity contribution is 0.102. The van der Waals surface area contributed by atoms with E-state index in [-0.39, 0.29) is 5.91 Å². The van der Waals surface area contributed by atoms with E-state index in [9.17, 15) is 4.79 Å². The molecule has 126 valence electrons. The first-order chi connectivity index (χ1) is 11.8. The molecular weight excluding hydrogens is 304 g/mol. The van der Waals surface area contributed by atoms with Crippen LogP contribution in [0.15, 0.2) is 42.7 Å². The molecule has 1 aromatic heterocycles. The lowest BCUT2D eigenvalue weighted by atomic mass is 10.1. The van der Waals surface area contributed by atoms with Crippen LogP contribution in [-0.4, -0.2) is 30.7 Å². The summed E-state index contributed by atoms with van der Waals surface area (Å²) < 4.78 is 11.1. The van der Waals surface area contributed by atoms with E-state index < -0.39 is 0 Å². The normalized spacial score (nSPS) is 16.8. The zero-order valence-electron chi connectivity index (χ0n) is 13.8. The highest BCUT2D eigenvalue weighted by atomic mass is 16.5. The Balaban J connectivity index is 1.58. The lowest BCUT2D eigenvalue weighted by Gasteiger charge is -2.12. The largest absolute Gasteiger partial charge is 0.493 e. The molecule has 1 atom stereocenters. The van der Waals surface area contributed by atoms with Crippen LogP contribution in [-0.2, 0) is 11.2 Å². The van der Waals surface area contributed by atoms with Gasteiger partial charge in [0.25, 0.3) is 5.91 Å². The molecule has 5 heteroatoms. The van der Waals surface area contributed by atoms with E-state index in [2.05, 4.69) is 10.3 Å². The van der Waals surface area contributed by atoms with Gasteiger partial charge in [0, 0.05) is 36.2 Å². The first-order valence-electron chi connectivity index (χ1n) is 8.31. The molecule has 24 heavy (non-hydrogen) atoms. The Labute approximate surface area is 142 Å². The highest BCUT2D eigenvalue weighted by Crippen LogP contribution is 2.20. The van der Waals surface area contributed by atoms with Crippen molar-refractivity contribution in [3.8, 4) is 5.75 Å². The van der Waals surface area contributed by atoms with Gasteiger partial charge in [0.15, 0.2) is 0 Å². The van der Waals surface area contributed by atoms with Crippen LogP contribution >= 0.6 is 0 Å². The maximum Gasteiger partial charge on any atom is 0.256 e. The molecule has 3 rings (SSSR count). The average Bonchev–Trinajstić information content (AvgIpc) is 3.14. The average molecular weight is 326 g/mol. The van der Waals surface area contributed by atoms with Crippen LogP contribution in [0.1, 0.15) is 29.3 Å². The molecule has 5 nitrogen and oxygen atoms in total. The van der Waals surface area contributed by atoms with E-state index in [0.29, 0.717) is 18.1 Å². The van der Waals surface area contributed by atoms with Crippen LogP contribution < -0.4 is 10.1 Å². The molecule has 0 spiro atoms. The molecular formula is C19H22N2O3. The summed E-state index contributed by atoms with van der Waals surface area (Å²) in [5.41, 5.74) is 2.35. The molecule has 0 bridgehead atoms. The van der Waals surface area contributed by atoms with Gasteiger partial charge in [-0.3, -0.25) is 9.78 Å². The molecule has 2 aromatic rings. The summed E-state index contributed by atoms with van der Waals surface area (Å²) in [4.78, 5) is 16.5. The van der Waals surface area contributed by atoms with Crippen molar-refractivity contribution >= 4 is 11.6 Å². The number of carbonyl (C=O) groups is 1. The van der Waals surface area contributed by atoms with Gasteiger partial charge in [0.2, 0.25) is 0 Å². The number of benzene rings is 1. The fraction of sp³-hybridized carbons (Fsp3) is 0.368. The molecule has 1 N–H and O–H groups in total. The van der Waals surface area contributed by atoms with E-state index in [0.717, 1.165) is 43.1 Å². The molecule has 2 heterocycles. The first kappa shape index (κ1) is 16.5. The Morgan fingerprint density at radius 2 is 2.17 bits per heavy atom. The smallest absolute Gasteiger partial charge is 0.256 e. The second kappa shape index (κ2) is 7.93. The van der Waals surface area contributed by atoms with Crippen molar-refractivity contribution in [2.45, 2.75) is 19.8 Å². The van der Waals surface area contributed by atoms with Crippen LogP contribution in [0.25, 0.3) is 0 Å². The van der Waals surface area contributed by atoms with Gasteiger partial charge >= 0.3 is 0 Å². The van der Waals surface area contributed by atoms with E-state index in [1.54, 1.807) is 18.5 Å². The number of amides is 1. The first-order valence-corrected chi connectivity index (χ1v) is 8.31. The summed E-state index contributed by atoms with van der Waals surface area (Å²) in [7, 11) is 0. The Bertz CT molecular complexity index is 679. The number of aryl methyl sites for hydroxylation is 1. The maximum absolute atomic E-state index is 12.4. The minimum atomic E-state index is -0.119. The second-order valence-corrected chi connectivity index (χ2v) is 5.91. The van der Waals surface area contributed by atoms with Gasteiger partial charge in [-0.25, -0.2) is 0 Å².